The molecule has 1 heterocycles. The van der Waals surface area contributed by atoms with E-state index in [1.165, 1.54) is 44.9 Å². The Morgan fingerprint density at radius 1 is 1.10 bits per heavy atom. The molecule has 0 spiro atoms. The molecule has 0 bridgehead atoms. The van der Waals surface area contributed by atoms with Crippen molar-refractivity contribution in [2.75, 3.05) is 25.5 Å². The van der Waals surface area contributed by atoms with Crippen LogP contribution >= 0.6 is 11.8 Å². The topological polar surface area (TPSA) is 38.3 Å². The third kappa shape index (κ3) is 6.49. The Balaban J connectivity index is 1.45. The van der Waals surface area contributed by atoms with Crippen LogP contribution in [0.3, 0.4) is 0 Å². The monoisotopic (exact) mass is 299 g/mol. The zero-order valence-electron chi connectivity index (χ0n) is 12.6. The van der Waals surface area contributed by atoms with Crippen molar-refractivity contribution >= 4 is 17.7 Å². The molecule has 1 aliphatic carbocycles. The molecule has 0 aromatic carbocycles. The van der Waals surface area contributed by atoms with Gasteiger partial charge in [-0.3, -0.25) is 4.79 Å². The molecule has 116 valence electrons. The highest BCUT2D eigenvalue weighted by atomic mass is 32.2. The van der Waals surface area contributed by atoms with E-state index >= 15 is 0 Å². The number of nitrogens with one attached hydrogen (secondary N) is 1. The van der Waals surface area contributed by atoms with E-state index in [4.69, 9.17) is 4.74 Å². The van der Waals surface area contributed by atoms with Gasteiger partial charge in [0, 0.05) is 37.2 Å². The van der Waals surface area contributed by atoms with Gasteiger partial charge in [0.2, 0.25) is 5.91 Å². The highest BCUT2D eigenvalue weighted by Gasteiger charge is 2.15. The summed E-state index contributed by atoms with van der Waals surface area (Å²) < 4.78 is 5.35. The number of hydrogen-bond acceptors (Lipinski definition) is 3. The van der Waals surface area contributed by atoms with Gasteiger partial charge in [-0.05, 0) is 25.2 Å². The highest BCUT2D eigenvalue weighted by molar-refractivity contribution is 7.99. The van der Waals surface area contributed by atoms with Gasteiger partial charge in [0.15, 0.2) is 0 Å². The first-order valence-corrected chi connectivity index (χ1v) is 9.35. The number of ether oxygens (including phenoxy) is 1. The molecule has 1 saturated carbocycles. The lowest BCUT2D eigenvalue weighted by molar-refractivity contribution is -0.121. The molecule has 0 unspecified atom stereocenters. The van der Waals surface area contributed by atoms with Crippen molar-refractivity contribution in [3.05, 3.63) is 0 Å². The second-order valence-electron chi connectivity index (χ2n) is 6.08. The number of amides is 1. The van der Waals surface area contributed by atoms with E-state index in [0.717, 1.165) is 49.5 Å². The zero-order chi connectivity index (χ0) is 14.0. The summed E-state index contributed by atoms with van der Waals surface area (Å²) in [5.74, 6) is 2.11. The van der Waals surface area contributed by atoms with Gasteiger partial charge in [0.1, 0.15) is 0 Å². The van der Waals surface area contributed by atoms with Crippen LogP contribution in [0.5, 0.6) is 0 Å². The van der Waals surface area contributed by atoms with E-state index in [0.29, 0.717) is 0 Å². The number of hydrogen-bond donors (Lipinski definition) is 1. The van der Waals surface area contributed by atoms with Gasteiger partial charge in [0.05, 0.1) is 0 Å². The molecular weight excluding hydrogens is 270 g/mol. The highest BCUT2D eigenvalue weighted by Crippen LogP contribution is 2.27. The molecule has 2 rings (SSSR count). The predicted molar refractivity (Wildman–Crippen MR) is 85.1 cm³/mol. The second-order valence-corrected chi connectivity index (χ2v) is 7.48. The second kappa shape index (κ2) is 9.67. The average molecular weight is 299 g/mol. The van der Waals surface area contributed by atoms with Gasteiger partial charge in [-0.15, -0.1) is 0 Å². The van der Waals surface area contributed by atoms with Crippen molar-refractivity contribution in [1.29, 1.82) is 0 Å². The minimum Gasteiger partial charge on any atom is -0.381 e. The molecule has 1 amide bonds. The van der Waals surface area contributed by atoms with Crippen molar-refractivity contribution in [2.45, 2.75) is 63.0 Å². The van der Waals surface area contributed by atoms with Gasteiger partial charge < -0.3 is 10.1 Å². The Morgan fingerprint density at radius 2 is 1.85 bits per heavy atom. The Bertz CT molecular complexity index is 274. The summed E-state index contributed by atoms with van der Waals surface area (Å²) >= 11 is 1.99. The maximum absolute atomic E-state index is 11.8. The molecule has 0 radical (unpaired) electrons. The van der Waals surface area contributed by atoms with Gasteiger partial charge in [0.25, 0.3) is 0 Å². The molecule has 1 aliphatic heterocycles. The molecule has 2 fully saturated rings. The normalized spacial score (nSPS) is 21.8. The van der Waals surface area contributed by atoms with E-state index in [1.807, 2.05) is 11.8 Å². The van der Waals surface area contributed by atoms with Crippen molar-refractivity contribution in [3.63, 3.8) is 0 Å². The van der Waals surface area contributed by atoms with Gasteiger partial charge in [-0.2, -0.15) is 11.8 Å². The van der Waals surface area contributed by atoms with Crippen molar-refractivity contribution < 1.29 is 9.53 Å². The molecule has 0 aromatic rings. The maximum Gasteiger partial charge on any atom is 0.220 e. The summed E-state index contributed by atoms with van der Waals surface area (Å²) in [5.41, 5.74) is 0. The molecule has 3 nitrogen and oxygen atoms in total. The standard InChI is InChI=1S/C16H29NO2S/c18-16(7-6-14-4-2-1-3-5-14)17-10-13-20-15-8-11-19-12-9-15/h14-15H,1-13H2,(H,17,18). The molecule has 1 N–H and O–H groups in total. The molecule has 0 aromatic heterocycles. The van der Waals surface area contributed by atoms with Gasteiger partial charge >= 0.3 is 0 Å². The average Bonchev–Trinajstić information content (AvgIpc) is 2.52. The minimum atomic E-state index is 0.253. The Hall–Kier alpha value is -0.220. The minimum absolute atomic E-state index is 0.253. The SMILES string of the molecule is O=C(CCC1CCCCC1)NCCSC1CCOCC1. The van der Waals surface area contributed by atoms with E-state index in [-0.39, 0.29) is 5.91 Å². The van der Waals surface area contributed by atoms with Crippen molar-refractivity contribution in [2.24, 2.45) is 5.92 Å². The number of thioether (sulfide) groups is 1. The van der Waals surface area contributed by atoms with E-state index in [9.17, 15) is 4.79 Å². The van der Waals surface area contributed by atoms with E-state index < -0.39 is 0 Å². The summed E-state index contributed by atoms with van der Waals surface area (Å²) in [4.78, 5) is 11.8. The third-order valence-corrected chi connectivity index (χ3v) is 5.83. The van der Waals surface area contributed by atoms with Crippen LogP contribution in [-0.2, 0) is 9.53 Å². The van der Waals surface area contributed by atoms with Gasteiger partial charge in [-0.25, -0.2) is 0 Å². The Labute approximate surface area is 127 Å². The van der Waals surface area contributed by atoms with E-state index in [2.05, 4.69) is 5.32 Å². The summed E-state index contributed by atoms with van der Waals surface area (Å²) in [6.45, 7) is 2.64. The number of carbonyl (C=O) groups excluding carboxylic acids is 1. The first kappa shape index (κ1) is 16.2. The van der Waals surface area contributed by atoms with Crippen molar-refractivity contribution in [3.8, 4) is 0 Å². The summed E-state index contributed by atoms with van der Waals surface area (Å²) in [6, 6.07) is 0. The fourth-order valence-corrected chi connectivity index (χ4v) is 4.24. The molecule has 2 aliphatic rings. The van der Waals surface area contributed by atoms with Crippen LogP contribution in [0.2, 0.25) is 0 Å². The number of carbonyl (C=O) groups is 1. The fraction of sp³-hybridized carbons (Fsp3) is 0.938. The lowest BCUT2D eigenvalue weighted by Gasteiger charge is -2.22. The first-order chi connectivity index (χ1) is 9.84. The largest absolute Gasteiger partial charge is 0.381 e. The quantitative estimate of drug-likeness (QED) is 0.732. The lowest BCUT2D eigenvalue weighted by Crippen LogP contribution is -2.27. The van der Waals surface area contributed by atoms with Gasteiger partial charge in [-0.1, -0.05) is 32.1 Å². The maximum atomic E-state index is 11.8. The Kier molecular flexibility index (Phi) is 7.81. The first-order valence-electron chi connectivity index (χ1n) is 8.30. The summed E-state index contributed by atoms with van der Waals surface area (Å²) in [6.07, 6.45) is 11.0. The van der Waals surface area contributed by atoms with E-state index in [1.54, 1.807) is 0 Å². The van der Waals surface area contributed by atoms with Crippen LogP contribution in [0.25, 0.3) is 0 Å². The van der Waals surface area contributed by atoms with Crippen LogP contribution in [-0.4, -0.2) is 36.7 Å². The molecule has 4 heteroatoms. The fourth-order valence-electron chi connectivity index (χ4n) is 3.16. The van der Waals surface area contributed by atoms with Crippen molar-refractivity contribution in [1.82, 2.24) is 5.32 Å². The predicted octanol–water partition coefficient (Wildman–Crippen LogP) is 3.38. The van der Waals surface area contributed by atoms with Crippen LogP contribution in [0.1, 0.15) is 57.8 Å². The zero-order valence-corrected chi connectivity index (χ0v) is 13.4. The Morgan fingerprint density at radius 3 is 2.60 bits per heavy atom. The smallest absolute Gasteiger partial charge is 0.220 e. The molecule has 0 atom stereocenters. The molecular formula is C16H29NO2S. The molecule has 20 heavy (non-hydrogen) atoms. The van der Waals surface area contributed by atoms with Crippen LogP contribution in [0.4, 0.5) is 0 Å². The molecule has 1 saturated heterocycles. The van der Waals surface area contributed by atoms with Crippen LogP contribution in [0, 0.1) is 5.92 Å². The number of rotatable bonds is 7. The summed E-state index contributed by atoms with van der Waals surface area (Å²) in [5, 5.41) is 3.81. The lowest BCUT2D eigenvalue weighted by atomic mass is 9.86. The van der Waals surface area contributed by atoms with Crippen LogP contribution in [0.15, 0.2) is 0 Å². The third-order valence-electron chi connectivity index (χ3n) is 4.45. The summed E-state index contributed by atoms with van der Waals surface area (Å²) in [7, 11) is 0. The van der Waals surface area contributed by atoms with Crippen LogP contribution < -0.4 is 5.32 Å².